The molecule has 4 rings (SSSR count). The van der Waals surface area contributed by atoms with E-state index in [0.29, 0.717) is 30.5 Å². The zero-order valence-corrected chi connectivity index (χ0v) is 16.4. The SMILES string of the molecule is Cc1cc(C/C(=C2\C[C@H]2NC=O)c2cc(C(F)F)nc3ncnn23)cc(C)c1C#N. The van der Waals surface area contributed by atoms with Crippen LogP contribution in [0.5, 0.6) is 0 Å². The molecule has 152 valence electrons. The van der Waals surface area contributed by atoms with Crippen molar-refractivity contribution in [3.05, 3.63) is 63.7 Å². The first-order valence-corrected chi connectivity index (χ1v) is 9.34. The molecule has 2 aromatic heterocycles. The highest BCUT2D eigenvalue weighted by molar-refractivity contribution is 5.75. The van der Waals surface area contributed by atoms with Crippen LogP contribution in [0.2, 0.25) is 0 Å². The molecular formula is C21H18F2N6O. The monoisotopic (exact) mass is 408 g/mol. The number of amides is 1. The summed E-state index contributed by atoms with van der Waals surface area (Å²) in [7, 11) is 0. The van der Waals surface area contributed by atoms with Gasteiger partial charge in [-0.25, -0.2) is 13.8 Å². The number of halogens is 2. The molecule has 9 heteroatoms. The van der Waals surface area contributed by atoms with E-state index in [-0.39, 0.29) is 17.5 Å². The van der Waals surface area contributed by atoms with E-state index >= 15 is 0 Å². The van der Waals surface area contributed by atoms with E-state index in [9.17, 15) is 18.8 Å². The number of nitrogens with one attached hydrogen (secondary N) is 1. The summed E-state index contributed by atoms with van der Waals surface area (Å²) in [5.41, 5.74) is 5.10. The minimum atomic E-state index is -2.75. The van der Waals surface area contributed by atoms with E-state index in [0.717, 1.165) is 27.8 Å². The van der Waals surface area contributed by atoms with E-state index in [1.165, 1.54) is 16.9 Å². The Hall–Kier alpha value is -3.67. The quantitative estimate of drug-likeness (QED) is 0.633. The molecule has 1 aliphatic carbocycles. The fraction of sp³-hybridized carbons (Fsp3) is 0.286. The van der Waals surface area contributed by atoms with Crippen LogP contribution in [-0.2, 0) is 11.2 Å². The molecule has 7 nitrogen and oxygen atoms in total. The Morgan fingerprint density at radius 3 is 2.73 bits per heavy atom. The molecule has 1 fully saturated rings. The summed E-state index contributed by atoms with van der Waals surface area (Å²) in [6.45, 7) is 3.74. The van der Waals surface area contributed by atoms with Crippen LogP contribution in [0.3, 0.4) is 0 Å². The lowest BCUT2D eigenvalue weighted by Gasteiger charge is -2.13. The molecule has 1 saturated carbocycles. The molecule has 0 radical (unpaired) electrons. The number of nitrogens with zero attached hydrogens (tertiary/aromatic N) is 5. The highest BCUT2D eigenvalue weighted by Gasteiger charge is 2.34. The van der Waals surface area contributed by atoms with Gasteiger partial charge in [0.15, 0.2) is 0 Å². The predicted octanol–water partition coefficient (Wildman–Crippen LogP) is 3.07. The Morgan fingerprint density at radius 2 is 2.10 bits per heavy atom. The van der Waals surface area contributed by atoms with Crippen LogP contribution in [0.15, 0.2) is 30.1 Å². The number of rotatable bonds is 6. The zero-order valence-electron chi connectivity index (χ0n) is 16.4. The van der Waals surface area contributed by atoms with Crippen molar-refractivity contribution in [2.45, 2.75) is 39.2 Å². The Kier molecular flexibility index (Phi) is 4.99. The fourth-order valence-corrected chi connectivity index (χ4v) is 3.80. The number of carbonyl (C=O) groups is 1. The number of aromatic nitrogens is 4. The molecule has 0 bridgehead atoms. The largest absolute Gasteiger partial charge is 0.352 e. The maximum Gasteiger partial charge on any atom is 0.280 e. The predicted molar refractivity (Wildman–Crippen MR) is 105 cm³/mol. The molecule has 1 amide bonds. The first kappa shape index (κ1) is 19.6. The maximum atomic E-state index is 13.4. The second kappa shape index (κ2) is 7.63. The number of fused-ring (bicyclic) bond motifs is 1. The third-order valence-electron chi connectivity index (χ3n) is 5.23. The number of benzene rings is 1. The molecule has 1 N–H and O–H groups in total. The Balaban J connectivity index is 1.86. The average Bonchev–Trinajstić information content (AvgIpc) is 3.28. The van der Waals surface area contributed by atoms with Crippen LogP contribution < -0.4 is 5.32 Å². The van der Waals surface area contributed by atoms with Crippen molar-refractivity contribution >= 4 is 17.8 Å². The topological polar surface area (TPSA) is 96.0 Å². The number of aryl methyl sites for hydroxylation is 2. The number of hydrogen-bond acceptors (Lipinski definition) is 5. The van der Waals surface area contributed by atoms with E-state index in [2.05, 4.69) is 26.5 Å². The fourth-order valence-electron chi connectivity index (χ4n) is 3.80. The second-order valence-electron chi connectivity index (χ2n) is 7.28. The highest BCUT2D eigenvalue weighted by Crippen LogP contribution is 2.39. The first-order valence-electron chi connectivity index (χ1n) is 9.34. The Bertz CT molecular complexity index is 1200. The van der Waals surface area contributed by atoms with Gasteiger partial charge in [-0.1, -0.05) is 12.1 Å². The van der Waals surface area contributed by atoms with Gasteiger partial charge in [0.05, 0.1) is 23.4 Å². The van der Waals surface area contributed by atoms with Gasteiger partial charge in [-0.3, -0.25) is 4.79 Å². The van der Waals surface area contributed by atoms with Crippen molar-refractivity contribution in [2.24, 2.45) is 0 Å². The molecule has 1 aliphatic rings. The van der Waals surface area contributed by atoms with Crippen LogP contribution >= 0.6 is 0 Å². The summed E-state index contributed by atoms with van der Waals surface area (Å²) in [4.78, 5) is 18.7. The molecule has 1 atom stereocenters. The zero-order chi connectivity index (χ0) is 21.4. The van der Waals surface area contributed by atoms with Crippen molar-refractivity contribution in [1.29, 1.82) is 5.26 Å². The number of alkyl halides is 2. The van der Waals surface area contributed by atoms with Gasteiger partial charge in [-0.05, 0) is 60.6 Å². The lowest BCUT2D eigenvalue weighted by atomic mass is 9.94. The van der Waals surface area contributed by atoms with E-state index < -0.39 is 6.43 Å². The van der Waals surface area contributed by atoms with Crippen LogP contribution in [0, 0.1) is 25.2 Å². The van der Waals surface area contributed by atoms with Crippen molar-refractivity contribution in [1.82, 2.24) is 24.9 Å². The lowest BCUT2D eigenvalue weighted by molar-refractivity contribution is -0.109. The summed E-state index contributed by atoms with van der Waals surface area (Å²) in [5.74, 6) is 0.0913. The maximum absolute atomic E-state index is 13.4. The number of nitriles is 1. The van der Waals surface area contributed by atoms with Crippen LogP contribution in [0.1, 0.15) is 46.5 Å². The third-order valence-corrected chi connectivity index (χ3v) is 5.23. The van der Waals surface area contributed by atoms with Gasteiger partial charge in [0.2, 0.25) is 6.41 Å². The number of carbonyl (C=O) groups excluding carboxylic acids is 1. The van der Waals surface area contributed by atoms with Crippen molar-refractivity contribution in [2.75, 3.05) is 0 Å². The minimum absolute atomic E-state index is 0.0913. The molecule has 0 saturated heterocycles. The molecule has 30 heavy (non-hydrogen) atoms. The summed E-state index contributed by atoms with van der Waals surface area (Å²) < 4.78 is 28.3. The van der Waals surface area contributed by atoms with Crippen LogP contribution in [0.25, 0.3) is 11.4 Å². The van der Waals surface area contributed by atoms with E-state index in [1.54, 1.807) is 0 Å². The molecule has 0 spiro atoms. The molecule has 3 aromatic rings. The molecule has 0 aliphatic heterocycles. The Morgan fingerprint density at radius 1 is 1.37 bits per heavy atom. The van der Waals surface area contributed by atoms with Crippen LogP contribution in [0.4, 0.5) is 8.78 Å². The van der Waals surface area contributed by atoms with Crippen molar-refractivity contribution in [3.63, 3.8) is 0 Å². The molecule has 2 heterocycles. The average molecular weight is 408 g/mol. The Labute approximate surface area is 171 Å². The van der Waals surface area contributed by atoms with Gasteiger partial charge in [0.25, 0.3) is 12.2 Å². The van der Waals surface area contributed by atoms with Crippen LogP contribution in [-0.4, -0.2) is 32.0 Å². The summed E-state index contributed by atoms with van der Waals surface area (Å²) in [6.07, 6.45) is 0.215. The summed E-state index contributed by atoms with van der Waals surface area (Å²) in [5, 5.41) is 16.2. The second-order valence-corrected chi connectivity index (χ2v) is 7.28. The standard InChI is InChI=1S/C21H18F2N6O/c1-11-3-13(4-12(2)16(11)8-24)5-15(14-6-17(14)26-10-30)19-7-18(20(22)23)28-21-25-9-27-29(19)21/h3-4,7,9-10,17,20H,5-6H2,1-2H3,(H,26,30)/b15-14-/t17-/m1/s1. The van der Waals surface area contributed by atoms with Gasteiger partial charge in [-0.2, -0.15) is 19.9 Å². The van der Waals surface area contributed by atoms with Crippen molar-refractivity contribution < 1.29 is 13.6 Å². The number of allylic oxidation sites excluding steroid dienone is 1. The summed E-state index contributed by atoms with van der Waals surface area (Å²) in [6, 6.07) is 7.23. The van der Waals surface area contributed by atoms with Crippen molar-refractivity contribution in [3.8, 4) is 6.07 Å². The highest BCUT2D eigenvalue weighted by atomic mass is 19.3. The lowest BCUT2D eigenvalue weighted by Crippen LogP contribution is -2.14. The van der Waals surface area contributed by atoms with Gasteiger partial charge < -0.3 is 5.32 Å². The van der Waals surface area contributed by atoms with Gasteiger partial charge >= 0.3 is 0 Å². The van der Waals surface area contributed by atoms with E-state index in [4.69, 9.17) is 0 Å². The van der Waals surface area contributed by atoms with E-state index in [1.807, 2.05) is 26.0 Å². The summed E-state index contributed by atoms with van der Waals surface area (Å²) >= 11 is 0. The third kappa shape index (κ3) is 3.52. The minimum Gasteiger partial charge on any atom is -0.352 e. The smallest absolute Gasteiger partial charge is 0.280 e. The number of hydrogen-bond donors (Lipinski definition) is 1. The first-order chi connectivity index (χ1) is 14.4. The molecule has 1 aromatic carbocycles. The molecule has 0 unspecified atom stereocenters. The normalized spacial score (nSPS) is 17.1. The van der Waals surface area contributed by atoms with Gasteiger partial charge in [0.1, 0.15) is 12.0 Å². The molecular weight excluding hydrogens is 390 g/mol. The van der Waals surface area contributed by atoms with Gasteiger partial charge in [-0.15, -0.1) is 0 Å². The van der Waals surface area contributed by atoms with Gasteiger partial charge in [0, 0.05) is 0 Å².